The first-order chi connectivity index (χ1) is 7.91. The molecule has 0 unspecified atom stereocenters. The van der Waals surface area contributed by atoms with Gasteiger partial charge in [0.2, 0.25) is 0 Å². The van der Waals surface area contributed by atoms with Crippen LogP contribution in [0.1, 0.15) is 22.3 Å². The molecule has 0 radical (unpaired) electrons. The van der Waals surface area contributed by atoms with E-state index >= 15 is 0 Å². The molecule has 0 amide bonds. The lowest BCUT2D eigenvalue weighted by molar-refractivity contribution is 1.23. The Balaban J connectivity index is 2.79. The summed E-state index contributed by atoms with van der Waals surface area (Å²) in [5.41, 5.74) is 13.1. The van der Waals surface area contributed by atoms with Crippen molar-refractivity contribution >= 4 is 32.4 Å². The van der Waals surface area contributed by atoms with E-state index in [2.05, 4.69) is 54.7 Å². The molecule has 1 aromatic carbocycles. The Labute approximate surface area is 114 Å². The largest absolute Gasteiger partial charge is 0.375 e. The van der Waals surface area contributed by atoms with Gasteiger partial charge in [-0.05, 0) is 65.9 Å². The molecule has 0 saturated carbocycles. The number of nitrogens with zero attached hydrogens (tertiary/aromatic N) is 1. The highest BCUT2D eigenvalue weighted by Crippen LogP contribution is 2.39. The summed E-state index contributed by atoms with van der Waals surface area (Å²) in [6.45, 7) is 8.54. The fourth-order valence-corrected chi connectivity index (χ4v) is 3.39. The van der Waals surface area contributed by atoms with Gasteiger partial charge in [0.1, 0.15) is 0 Å². The van der Waals surface area contributed by atoms with Crippen LogP contribution in [0.4, 0.5) is 5.13 Å². The molecular weight excluding hydrogens is 296 g/mol. The van der Waals surface area contributed by atoms with Crippen molar-refractivity contribution in [3.63, 3.8) is 0 Å². The molecule has 0 aliphatic rings. The SMILES string of the molecule is Cc1cc(C)c(C)c(-c2nc(N)sc2Br)c1C. The van der Waals surface area contributed by atoms with Crippen LogP contribution in [0.3, 0.4) is 0 Å². The fraction of sp³-hybridized carbons (Fsp3) is 0.308. The second-order valence-electron chi connectivity index (χ2n) is 4.31. The van der Waals surface area contributed by atoms with Gasteiger partial charge in [-0.1, -0.05) is 17.4 Å². The predicted molar refractivity (Wildman–Crippen MR) is 78.6 cm³/mol. The second kappa shape index (κ2) is 4.42. The molecule has 1 aromatic heterocycles. The summed E-state index contributed by atoms with van der Waals surface area (Å²) in [5.74, 6) is 0. The summed E-state index contributed by atoms with van der Waals surface area (Å²) in [6.07, 6.45) is 0. The number of halogens is 1. The summed E-state index contributed by atoms with van der Waals surface area (Å²) in [5, 5.41) is 0.602. The Morgan fingerprint density at radius 3 is 2.06 bits per heavy atom. The van der Waals surface area contributed by atoms with E-state index in [0.29, 0.717) is 5.13 Å². The minimum Gasteiger partial charge on any atom is -0.375 e. The molecule has 4 heteroatoms. The Morgan fingerprint density at radius 2 is 1.65 bits per heavy atom. The number of aromatic nitrogens is 1. The maximum atomic E-state index is 5.77. The van der Waals surface area contributed by atoms with Crippen molar-refractivity contribution in [1.82, 2.24) is 4.98 Å². The molecule has 17 heavy (non-hydrogen) atoms. The first kappa shape index (κ1) is 12.6. The number of nitrogen functional groups attached to an aromatic ring is 1. The number of hydrogen-bond donors (Lipinski definition) is 1. The van der Waals surface area contributed by atoms with Gasteiger partial charge in [0.15, 0.2) is 5.13 Å². The molecule has 2 aromatic rings. The van der Waals surface area contributed by atoms with E-state index in [0.717, 1.165) is 9.48 Å². The van der Waals surface area contributed by atoms with Gasteiger partial charge in [0.05, 0.1) is 9.48 Å². The molecule has 0 saturated heterocycles. The molecule has 0 atom stereocenters. The average molecular weight is 311 g/mol. The number of hydrogen-bond acceptors (Lipinski definition) is 3. The van der Waals surface area contributed by atoms with Crippen molar-refractivity contribution in [2.75, 3.05) is 5.73 Å². The Bertz CT molecular complexity index is 561. The normalized spacial score (nSPS) is 10.9. The van der Waals surface area contributed by atoms with E-state index in [9.17, 15) is 0 Å². The van der Waals surface area contributed by atoms with Crippen LogP contribution < -0.4 is 5.73 Å². The third-order valence-corrected chi connectivity index (χ3v) is 4.74. The summed E-state index contributed by atoms with van der Waals surface area (Å²) in [6, 6.07) is 2.22. The van der Waals surface area contributed by atoms with Crippen molar-refractivity contribution in [1.29, 1.82) is 0 Å². The van der Waals surface area contributed by atoms with Crippen LogP contribution in [0.15, 0.2) is 9.85 Å². The zero-order chi connectivity index (χ0) is 12.7. The Morgan fingerprint density at radius 1 is 1.12 bits per heavy atom. The number of benzene rings is 1. The van der Waals surface area contributed by atoms with E-state index in [1.54, 1.807) is 0 Å². The first-order valence-electron chi connectivity index (χ1n) is 5.41. The molecule has 0 aliphatic heterocycles. The van der Waals surface area contributed by atoms with Crippen molar-refractivity contribution in [3.8, 4) is 11.3 Å². The number of thiazole rings is 1. The van der Waals surface area contributed by atoms with Gasteiger partial charge in [-0.3, -0.25) is 0 Å². The van der Waals surface area contributed by atoms with Crippen LogP contribution >= 0.6 is 27.3 Å². The second-order valence-corrected chi connectivity index (χ2v) is 6.66. The van der Waals surface area contributed by atoms with E-state index in [1.807, 2.05) is 0 Å². The zero-order valence-electron chi connectivity index (χ0n) is 10.4. The van der Waals surface area contributed by atoms with E-state index in [1.165, 1.54) is 39.2 Å². The first-order valence-corrected chi connectivity index (χ1v) is 7.02. The third-order valence-electron chi connectivity index (χ3n) is 3.21. The minimum atomic E-state index is 0.602. The highest BCUT2D eigenvalue weighted by molar-refractivity contribution is 9.11. The summed E-state index contributed by atoms with van der Waals surface area (Å²) in [7, 11) is 0. The van der Waals surface area contributed by atoms with E-state index < -0.39 is 0 Å². The quantitative estimate of drug-likeness (QED) is 0.848. The lowest BCUT2D eigenvalue weighted by atomic mass is 9.93. The number of nitrogens with two attached hydrogens (primary N) is 1. The highest BCUT2D eigenvalue weighted by atomic mass is 79.9. The van der Waals surface area contributed by atoms with Crippen molar-refractivity contribution in [2.45, 2.75) is 27.7 Å². The third kappa shape index (κ3) is 2.11. The molecule has 0 spiro atoms. The van der Waals surface area contributed by atoms with Gasteiger partial charge >= 0.3 is 0 Å². The van der Waals surface area contributed by atoms with Crippen LogP contribution in [0.2, 0.25) is 0 Å². The lowest BCUT2D eigenvalue weighted by Crippen LogP contribution is -1.96. The van der Waals surface area contributed by atoms with Crippen LogP contribution in [0.5, 0.6) is 0 Å². The van der Waals surface area contributed by atoms with Crippen molar-refractivity contribution in [2.24, 2.45) is 0 Å². The van der Waals surface area contributed by atoms with Crippen LogP contribution in [-0.4, -0.2) is 4.98 Å². The lowest BCUT2D eigenvalue weighted by Gasteiger charge is -2.13. The smallest absolute Gasteiger partial charge is 0.181 e. The van der Waals surface area contributed by atoms with Gasteiger partial charge in [0.25, 0.3) is 0 Å². The molecular formula is C13H15BrN2S. The van der Waals surface area contributed by atoms with Crippen molar-refractivity contribution < 1.29 is 0 Å². The van der Waals surface area contributed by atoms with Gasteiger partial charge in [-0.15, -0.1) is 0 Å². The van der Waals surface area contributed by atoms with Crippen LogP contribution in [0.25, 0.3) is 11.3 Å². The van der Waals surface area contributed by atoms with Gasteiger partial charge in [-0.2, -0.15) is 0 Å². The molecule has 2 N–H and O–H groups in total. The topological polar surface area (TPSA) is 38.9 Å². The van der Waals surface area contributed by atoms with Crippen LogP contribution in [0, 0.1) is 27.7 Å². The molecule has 90 valence electrons. The molecule has 2 rings (SSSR count). The molecule has 2 nitrogen and oxygen atoms in total. The summed E-state index contributed by atoms with van der Waals surface area (Å²) < 4.78 is 1.01. The standard InChI is InChI=1S/C13H15BrN2S/c1-6-5-7(2)9(4)10(8(6)3)11-12(14)17-13(15)16-11/h5H,1-4H3,(H2,15,16). The highest BCUT2D eigenvalue weighted by Gasteiger charge is 2.16. The maximum absolute atomic E-state index is 5.77. The summed E-state index contributed by atoms with van der Waals surface area (Å²) in [4.78, 5) is 4.43. The molecule has 0 aliphatic carbocycles. The minimum absolute atomic E-state index is 0.602. The number of rotatable bonds is 1. The monoisotopic (exact) mass is 310 g/mol. The van der Waals surface area contributed by atoms with Gasteiger partial charge in [0, 0.05) is 5.56 Å². The maximum Gasteiger partial charge on any atom is 0.181 e. The fourth-order valence-electron chi connectivity index (χ4n) is 2.04. The van der Waals surface area contributed by atoms with Crippen molar-refractivity contribution in [3.05, 3.63) is 32.1 Å². The molecule has 1 heterocycles. The zero-order valence-corrected chi connectivity index (χ0v) is 12.8. The molecule has 0 fully saturated rings. The van der Waals surface area contributed by atoms with E-state index in [4.69, 9.17) is 5.73 Å². The van der Waals surface area contributed by atoms with Gasteiger partial charge < -0.3 is 5.73 Å². The van der Waals surface area contributed by atoms with Gasteiger partial charge in [-0.25, -0.2) is 4.98 Å². The molecule has 0 bridgehead atoms. The average Bonchev–Trinajstić information content (AvgIpc) is 2.56. The predicted octanol–water partition coefficient (Wildman–Crippen LogP) is 4.39. The Hall–Kier alpha value is -0.870. The Kier molecular flexibility index (Phi) is 3.27. The number of anilines is 1. The van der Waals surface area contributed by atoms with Crippen LogP contribution in [-0.2, 0) is 0 Å². The summed E-state index contributed by atoms with van der Waals surface area (Å²) >= 11 is 5.02. The number of aryl methyl sites for hydroxylation is 2. The van der Waals surface area contributed by atoms with E-state index in [-0.39, 0.29) is 0 Å².